The predicted molar refractivity (Wildman–Crippen MR) is 85.4 cm³/mol. The summed E-state index contributed by atoms with van der Waals surface area (Å²) in [4.78, 5) is 0. The Morgan fingerprint density at radius 2 is 1.90 bits per heavy atom. The van der Waals surface area contributed by atoms with E-state index in [4.69, 9.17) is 4.74 Å². The fourth-order valence-electron chi connectivity index (χ4n) is 2.29. The topological polar surface area (TPSA) is 39.1 Å². The Balaban J connectivity index is 1.82. The number of nitrogens with zero attached hydrogens (tertiary/aromatic N) is 2. The lowest BCUT2D eigenvalue weighted by molar-refractivity contribution is 0.317. The van der Waals surface area contributed by atoms with Crippen molar-refractivity contribution in [3.63, 3.8) is 0 Å². The van der Waals surface area contributed by atoms with Crippen LogP contribution in [-0.4, -0.2) is 16.4 Å². The number of ether oxygens (including phenoxy) is 1. The third-order valence-electron chi connectivity index (χ3n) is 3.37. The van der Waals surface area contributed by atoms with Crippen molar-refractivity contribution in [3.8, 4) is 5.75 Å². The highest BCUT2D eigenvalue weighted by molar-refractivity contribution is 5.27. The molecule has 1 aromatic carbocycles. The van der Waals surface area contributed by atoms with Crippen molar-refractivity contribution in [2.45, 2.75) is 39.8 Å². The van der Waals surface area contributed by atoms with Crippen LogP contribution in [0.2, 0.25) is 0 Å². The van der Waals surface area contributed by atoms with Gasteiger partial charge in [0.05, 0.1) is 12.3 Å². The van der Waals surface area contributed by atoms with Crippen LogP contribution in [0.25, 0.3) is 0 Å². The van der Waals surface area contributed by atoms with Gasteiger partial charge in [-0.1, -0.05) is 26.0 Å². The van der Waals surface area contributed by atoms with Crippen LogP contribution in [0.5, 0.6) is 5.75 Å². The maximum atomic E-state index is 5.59. The van der Waals surface area contributed by atoms with Crippen LogP contribution in [0.3, 0.4) is 0 Å². The number of benzene rings is 1. The van der Waals surface area contributed by atoms with Crippen molar-refractivity contribution in [1.29, 1.82) is 0 Å². The SMILES string of the molecule is CCCOc1ccc(CNCc2cn(C)nc2CC)cc1. The minimum atomic E-state index is 0.776. The lowest BCUT2D eigenvalue weighted by Crippen LogP contribution is -2.13. The Morgan fingerprint density at radius 3 is 2.57 bits per heavy atom. The first-order chi connectivity index (χ1) is 10.2. The van der Waals surface area contributed by atoms with Gasteiger partial charge in [0.25, 0.3) is 0 Å². The van der Waals surface area contributed by atoms with Gasteiger partial charge in [-0.05, 0) is 30.5 Å². The van der Waals surface area contributed by atoms with Crippen molar-refractivity contribution < 1.29 is 4.74 Å². The van der Waals surface area contributed by atoms with Crippen molar-refractivity contribution in [2.75, 3.05) is 6.61 Å². The number of nitrogens with one attached hydrogen (secondary N) is 1. The molecule has 0 bridgehead atoms. The summed E-state index contributed by atoms with van der Waals surface area (Å²) in [5.74, 6) is 0.945. The molecular formula is C17H25N3O. The molecule has 0 aliphatic heterocycles. The molecule has 0 aliphatic carbocycles. The number of aromatic nitrogens is 2. The molecular weight excluding hydrogens is 262 g/mol. The summed E-state index contributed by atoms with van der Waals surface area (Å²) in [5.41, 5.74) is 3.72. The molecule has 2 aromatic rings. The molecule has 2 rings (SSSR count). The standard InChI is InChI=1S/C17H25N3O/c1-4-10-21-16-8-6-14(7-9-16)11-18-12-15-13-20(3)19-17(15)5-2/h6-9,13,18H,4-5,10-12H2,1-3H3. The largest absolute Gasteiger partial charge is 0.494 e. The van der Waals surface area contributed by atoms with E-state index in [9.17, 15) is 0 Å². The average Bonchev–Trinajstić information content (AvgIpc) is 2.86. The lowest BCUT2D eigenvalue weighted by Gasteiger charge is -2.07. The molecule has 0 spiro atoms. The quantitative estimate of drug-likeness (QED) is 0.811. The average molecular weight is 287 g/mol. The van der Waals surface area contributed by atoms with Gasteiger partial charge in [0, 0.05) is 31.9 Å². The third kappa shape index (κ3) is 4.60. The molecule has 0 saturated carbocycles. The van der Waals surface area contributed by atoms with Crippen LogP contribution in [0, 0.1) is 0 Å². The zero-order chi connectivity index (χ0) is 15.1. The lowest BCUT2D eigenvalue weighted by atomic mass is 10.2. The molecule has 0 saturated heterocycles. The summed E-state index contributed by atoms with van der Waals surface area (Å²) >= 11 is 0. The molecule has 4 heteroatoms. The van der Waals surface area contributed by atoms with Gasteiger partial charge in [-0.2, -0.15) is 5.10 Å². The smallest absolute Gasteiger partial charge is 0.119 e. The highest BCUT2D eigenvalue weighted by Crippen LogP contribution is 2.13. The minimum absolute atomic E-state index is 0.776. The van der Waals surface area contributed by atoms with Gasteiger partial charge < -0.3 is 10.1 Å². The maximum absolute atomic E-state index is 5.59. The molecule has 0 atom stereocenters. The van der Waals surface area contributed by atoms with Gasteiger partial charge in [0.2, 0.25) is 0 Å². The summed E-state index contributed by atoms with van der Waals surface area (Å²) in [5, 5.41) is 7.93. The molecule has 1 heterocycles. The van der Waals surface area contributed by atoms with E-state index in [0.717, 1.165) is 38.3 Å². The second kappa shape index (κ2) is 7.84. The first-order valence-corrected chi connectivity index (χ1v) is 7.66. The van der Waals surface area contributed by atoms with Crippen LogP contribution < -0.4 is 10.1 Å². The second-order valence-electron chi connectivity index (χ2n) is 5.22. The highest BCUT2D eigenvalue weighted by atomic mass is 16.5. The summed E-state index contributed by atoms with van der Waals surface area (Å²) in [6.45, 7) is 6.73. The Bertz CT molecular complexity index is 546. The molecule has 21 heavy (non-hydrogen) atoms. The number of rotatable bonds is 8. The summed E-state index contributed by atoms with van der Waals surface area (Å²) in [6.07, 6.45) is 4.10. The number of aryl methyl sites for hydroxylation is 2. The van der Waals surface area contributed by atoms with Crippen LogP contribution in [0.15, 0.2) is 30.5 Å². The number of hydrogen-bond acceptors (Lipinski definition) is 3. The molecule has 114 valence electrons. The molecule has 0 unspecified atom stereocenters. The summed E-state index contributed by atoms with van der Waals surface area (Å²) in [6, 6.07) is 8.30. The predicted octanol–water partition coefficient (Wildman–Crippen LogP) is 3.06. The van der Waals surface area contributed by atoms with Crippen molar-refractivity contribution in [2.24, 2.45) is 7.05 Å². The van der Waals surface area contributed by atoms with E-state index < -0.39 is 0 Å². The van der Waals surface area contributed by atoms with E-state index in [0.29, 0.717) is 0 Å². The monoisotopic (exact) mass is 287 g/mol. The van der Waals surface area contributed by atoms with Crippen molar-refractivity contribution in [3.05, 3.63) is 47.3 Å². The summed E-state index contributed by atoms with van der Waals surface area (Å²) in [7, 11) is 1.97. The zero-order valence-corrected chi connectivity index (χ0v) is 13.2. The Labute approximate surface area is 127 Å². The molecule has 1 aromatic heterocycles. The fourth-order valence-corrected chi connectivity index (χ4v) is 2.29. The molecule has 0 aliphatic rings. The second-order valence-corrected chi connectivity index (χ2v) is 5.22. The highest BCUT2D eigenvalue weighted by Gasteiger charge is 2.05. The van der Waals surface area contributed by atoms with Gasteiger partial charge in [-0.25, -0.2) is 0 Å². The van der Waals surface area contributed by atoms with E-state index in [1.807, 2.05) is 23.9 Å². The summed E-state index contributed by atoms with van der Waals surface area (Å²) < 4.78 is 7.47. The van der Waals surface area contributed by atoms with Crippen LogP contribution in [0.1, 0.15) is 37.1 Å². The minimum Gasteiger partial charge on any atom is -0.494 e. The fraction of sp³-hybridized carbons (Fsp3) is 0.471. The number of hydrogen-bond donors (Lipinski definition) is 1. The van der Waals surface area contributed by atoms with E-state index in [1.165, 1.54) is 16.8 Å². The van der Waals surface area contributed by atoms with Gasteiger partial charge >= 0.3 is 0 Å². The van der Waals surface area contributed by atoms with Gasteiger partial charge in [0.15, 0.2) is 0 Å². The Hall–Kier alpha value is -1.81. The van der Waals surface area contributed by atoms with E-state index in [-0.39, 0.29) is 0 Å². The molecule has 4 nitrogen and oxygen atoms in total. The van der Waals surface area contributed by atoms with Crippen LogP contribution in [0.4, 0.5) is 0 Å². The van der Waals surface area contributed by atoms with Gasteiger partial charge in [0.1, 0.15) is 5.75 Å². The van der Waals surface area contributed by atoms with E-state index >= 15 is 0 Å². The van der Waals surface area contributed by atoms with Crippen molar-refractivity contribution >= 4 is 0 Å². The first-order valence-electron chi connectivity index (χ1n) is 7.66. The molecule has 0 amide bonds. The van der Waals surface area contributed by atoms with Crippen LogP contribution >= 0.6 is 0 Å². The first kappa shape index (κ1) is 15.6. The maximum Gasteiger partial charge on any atom is 0.119 e. The van der Waals surface area contributed by atoms with Gasteiger partial charge in [-0.15, -0.1) is 0 Å². The molecule has 0 radical (unpaired) electrons. The zero-order valence-electron chi connectivity index (χ0n) is 13.2. The Morgan fingerprint density at radius 1 is 1.14 bits per heavy atom. The van der Waals surface area contributed by atoms with Crippen LogP contribution in [-0.2, 0) is 26.6 Å². The molecule has 1 N–H and O–H groups in total. The van der Waals surface area contributed by atoms with E-state index in [1.54, 1.807) is 0 Å². The third-order valence-corrected chi connectivity index (χ3v) is 3.37. The van der Waals surface area contributed by atoms with Crippen molar-refractivity contribution in [1.82, 2.24) is 15.1 Å². The van der Waals surface area contributed by atoms with Gasteiger partial charge in [-0.3, -0.25) is 4.68 Å². The Kier molecular flexibility index (Phi) is 5.81. The van der Waals surface area contributed by atoms with E-state index in [2.05, 4.69) is 42.6 Å². The normalized spacial score (nSPS) is 10.8. The molecule has 0 fully saturated rings.